The van der Waals surface area contributed by atoms with Crippen LogP contribution in [0, 0.1) is 0 Å². The summed E-state index contributed by atoms with van der Waals surface area (Å²) in [7, 11) is 2.18. The number of nitrogens with zero attached hydrogens (tertiary/aromatic N) is 1. The maximum atomic E-state index is 3.50. The van der Waals surface area contributed by atoms with E-state index in [-0.39, 0.29) is 0 Å². The fourth-order valence-electron chi connectivity index (χ4n) is 2.33. The maximum absolute atomic E-state index is 3.50. The summed E-state index contributed by atoms with van der Waals surface area (Å²) >= 11 is 3.50. The molecule has 0 saturated carbocycles. The van der Waals surface area contributed by atoms with E-state index in [9.17, 15) is 0 Å². The summed E-state index contributed by atoms with van der Waals surface area (Å²) in [5, 5.41) is 3.50. The Kier molecular flexibility index (Phi) is 6.93. The van der Waals surface area contributed by atoms with Gasteiger partial charge in [0.25, 0.3) is 0 Å². The van der Waals surface area contributed by atoms with Crippen LogP contribution < -0.4 is 5.32 Å². The Balaban J connectivity index is 1.59. The van der Waals surface area contributed by atoms with Gasteiger partial charge < -0.3 is 10.2 Å². The predicted molar refractivity (Wildman–Crippen MR) is 93.2 cm³/mol. The van der Waals surface area contributed by atoms with Crippen LogP contribution in [-0.4, -0.2) is 25.0 Å². The Hall–Kier alpha value is -1.16. The second-order valence-electron chi connectivity index (χ2n) is 5.38. The minimum atomic E-state index is 0.932. The van der Waals surface area contributed by atoms with E-state index in [0.29, 0.717) is 0 Å². The highest BCUT2D eigenvalue weighted by Crippen LogP contribution is 2.11. The molecule has 0 fully saturated rings. The molecular weight excluding hydrogens is 324 g/mol. The molecule has 0 heterocycles. The number of hydrogen-bond acceptors (Lipinski definition) is 2. The van der Waals surface area contributed by atoms with Crippen molar-refractivity contribution in [1.82, 2.24) is 10.2 Å². The molecule has 21 heavy (non-hydrogen) atoms. The zero-order valence-corrected chi connectivity index (χ0v) is 14.1. The van der Waals surface area contributed by atoms with Gasteiger partial charge in [0.15, 0.2) is 0 Å². The Morgan fingerprint density at radius 2 is 1.76 bits per heavy atom. The molecule has 2 rings (SSSR count). The molecule has 0 radical (unpaired) electrons. The molecule has 3 heteroatoms. The number of nitrogens with one attached hydrogen (secondary N) is 1. The van der Waals surface area contributed by atoms with Crippen molar-refractivity contribution in [3.05, 3.63) is 70.2 Å². The lowest BCUT2D eigenvalue weighted by molar-refractivity contribution is 0.319. The predicted octanol–water partition coefficient (Wildman–Crippen LogP) is 4.06. The molecule has 0 aliphatic heterocycles. The average molecular weight is 347 g/mol. The van der Waals surface area contributed by atoms with Crippen molar-refractivity contribution >= 4 is 15.9 Å². The Labute approximate surface area is 136 Å². The topological polar surface area (TPSA) is 15.3 Å². The summed E-state index contributed by atoms with van der Waals surface area (Å²) in [6.07, 6.45) is 1.16. The van der Waals surface area contributed by atoms with Crippen LogP contribution in [0.25, 0.3) is 0 Å². The number of hydrogen-bond donors (Lipinski definition) is 1. The van der Waals surface area contributed by atoms with Crippen LogP contribution in [0.15, 0.2) is 59.1 Å². The SMILES string of the molecule is CN(CCCNCc1cccc(Br)c1)Cc1ccccc1. The molecular formula is C18H23BrN2. The Morgan fingerprint density at radius 1 is 1.00 bits per heavy atom. The first-order valence-electron chi connectivity index (χ1n) is 7.41. The lowest BCUT2D eigenvalue weighted by atomic mass is 10.2. The summed E-state index contributed by atoms with van der Waals surface area (Å²) in [6.45, 7) is 4.11. The van der Waals surface area contributed by atoms with E-state index in [1.165, 1.54) is 11.1 Å². The molecule has 0 spiro atoms. The van der Waals surface area contributed by atoms with Crippen molar-refractivity contribution in [1.29, 1.82) is 0 Å². The summed E-state index contributed by atoms with van der Waals surface area (Å²) in [4.78, 5) is 2.37. The fraction of sp³-hybridized carbons (Fsp3) is 0.333. The first kappa shape index (κ1) is 16.2. The monoisotopic (exact) mass is 346 g/mol. The first-order chi connectivity index (χ1) is 10.2. The Morgan fingerprint density at radius 3 is 2.52 bits per heavy atom. The van der Waals surface area contributed by atoms with Crippen LogP contribution in [0.4, 0.5) is 0 Å². The van der Waals surface area contributed by atoms with E-state index in [4.69, 9.17) is 0 Å². The normalized spacial score (nSPS) is 11.0. The highest BCUT2D eigenvalue weighted by atomic mass is 79.9. The van der Waals surface area contributed by atoms with Crippen LogP contribution in [-0.2, 0) is 13.1 Å². The molecule has 0 amide bonds. The first-order valence-corrected chi connectivity index (χ1v) is 8.21. The van der Waals surface area contributed by atoms with Gasteiger partial charge in [-0.1, -0.05) is 58.4 Å². The van der Waals surface area contributed by atoms with Gasteiger partial charge in [-0.25, -0.2) is 0 Å². The van der Waals surface area contributed by atoms with Gasteiger partial charge in [-0.2, -0.15) is 0 Å². The lowest BCUT2D eigenvalue weighted by Gasteiger charge is -2.16. The van der Waals surface area contributed by atoms with Gasteiger partial charge >= 0.3 is 0 Å². The fourth-order valence-corrected chi connectivity index (χ4v) is 2.77. The zero-order valence-electron chi connectivity index (χ0n) is 12.6. The number of rotatable bonds is 8. The number of halogens is 1. The van der Waals surface area contributed by atoms with Gasteiger partial charge in [0.2, 0.25) is 0 Å². The third kappa shape index (κ3) is 6.42. The van der Waals surface area contributed by atoms with Crippen molar-refractivity contribution in [2.24, 2.45) is 0 Å². The minimum absolute atomic E-state index is 0.932. The molecule has 2 nitrogen and oxygen atoms in total. The van der Waals surface area contributed by atoms with Gasteiger partial charge in [0.1, 0.15) is 0 Å². The number of benzene rings is 2. The molecule has 0 saturated heterocycles. The van der Waals surface area contributed by atoms with Gasteiger partial charge in [0.05, 0.1) is 0 Å². The maximum Gasteiger partial charge on any atom is 0.0230 e. The van der Waals surface area contributed by atoms with E-state index in [0.717, 1.165) is 37.1 Å². The molecule has 0 aliphatic carbocycles. The van der Waals surface area contributed by atoms with E-state index in [2.05, 4.69) is 87.8 Å². The van der Waals surface area contributed by atoms with Crippen molar-refractivity contribution < 1.29 is 0 Å². The molecule has 112 valence electrons. The van der Waals surface area contributed by atoms with E-state index < -0.39 is 0 Å². The van der Waals surface area contributed by atoms with E-state index in [1.54, 1.807) is 0 Å². The molecule has 0 aliphatic rings. The van der Waals surface area contributed by atoms with Gasteiger partial charge in [-0.05, 0) is 49.8 Å². The largest absolute Gasteiger partial charge is 0.313 e. The highest BCUT2D eigenvalue weighted by Gasteiger charge is 2.00. The molecule has 0 atom stereocenters. The lowest BCUT2D eigenvalue weighted by Crippen LogP contribution is -2.23. The van der Waals surface area contributed by atoms with E-state index >= 15 is 0 Å². The van der Waals surface area contributed by atoms with Crippen LogP contribution in [0.5, 0.6) is 0 Å². The third-order valence-corrected chi connectivity index (χ3v) is 3.90. The van der Waals surface area contributed by atoms with Crippen LogP contribution in [0.1, 0.15) is 17.5 Å². The summed E-state index contributed by atoms with van der Waals surface area (Å²) in [6, 6.07) is 19.1. The summed E-state index contributed by atoms with van der Waals surface area (Å²) < 4.78 is 1.14. The molecule has 1 N–H and O–H groups in total. The quantitative estimate of drug-likeness (QED) is 0.725. The van der Waals surface area contributed by atoms with Crippen LogP contribution in [0.2, 0.25) is 0 Å². The smallest absolute Gasteiger partial charge is 0.0230 e. The van der Waals surface area contributed by atoms with Crippen molar-refractivity contribution in [2.45, 2.75) is 19.5 Å². The molecule has 2 aromatic carbocycles. The van der Waals surface area contributed by atoms with Gasteiger partial charge in [-0.15, -0.1) is 0 Å². The average Bonchev–Trinajstić information content (AvgIpc) is 2.48. The minimum Gasteiger partial charge on any atom is -0.313 e. The third-order valence-electron chi connectivity index (χ3n) is 3.41. The van der Waals surface area contributed by atoms with E-state index in [1.807, 2.05) is 0 Å². The zero-order chi connectivity index (χ0) is 14.9. The molecule has 0 unspecified atom stereocenters. The molecule has 0 aromatic heterocycles. The second kappa shape index (κ2) is 8.98. The summed E-state index contributed by atoms with van der Waals surface area (Å²) in [5.41, 5.74) is 2.70. The summed E-state index contributed by atoms with van der Waals surface area (Å²) in [5.74, 6) is 0. The standard InChI is InChI=1S/C18H23BrN2/c1-21(15-16-7-3-2-4-8-16)12-6-11-20-14-17-9-5-10-18(19)13-17/h2-5,7-10,13,20H,6,11-12,14-15H2,1H3. The van der Waals surface area contributed by atoms with Crippen molar-refractivity contribution in [2.75, 3.05) is 20.1 Å². The van der Waals surface area contributed by atoms with Gasteiger partial charge in [0, 0.05) is 17.6 Å². The van der Waals surface area contributed by atoms with Crippen molar-refractivity contribution in [3.63, 3.8) is 0 Å². The Bertz CT molecular complexity index is 528. The van der Waals surface area contributed by atoms with Crippen LogP contribution in [0.3, 0.4) is 0 Å². The molecule has 2 aromatic rings. The van der Waals surface area contributed by atoms with Gasteiger partial charge in [-0.3, -0.25) is 0 Å². The molecule has 0 bridgehead atoms. The second-order valence-corrected chi connectivity index (χ2v) is 6.30. The van der Waals surface area contributed by atoms with Crippen molar-refractivity contribution in [3.8, 4) is 0 Å². The van der Waals surface area contributed by atoms with Crippen LogP contribution >= 0.6 is 15.9 Å². The highest BCUT2D eigenvalue weighted by molar-refractivity contribution is 9.10.